The van der Waals surface area contributed by atoms with Crippen LogP contribution in [0.4, 0.5) is 18.9 Å². The van der Waals surface area contributed by atoms with Crippen LogP contribution in [-0.2, 0) is 0 Å². The highest BCUT2D eigenvalue weighted by atomic mass is 19.2. The van der Waals surface area contributed by atoms with Crippen molar-refractivity contribution < 1.29 is 13.2 Å². The van der Waals surface area contributed by atoms with Crippen LogP contribution in [0.15, 0.2) is 6.07 Å². The molecule has 0 aliphatic rings. The molecule has 0 saturated heterocycles. The third-order valence-electron chi connectivity index (χ3n) is 3.14. The molecule has 1 aromatic carbocycles. The zero-order chi connectivity index (χ0) is 14.2. The van der Waals surface area contributed by atoms with Crippen LogP contribution < -0.4 is 5.32 Å². The lowest BCUT2D eigenvalue weighted by atomic mass is 10.1. The number of hydrogen-bond acceptors (Lipinski definition) is 2. The number of nitrogens with zero attached hydrogens (tertiary/aromatic N) is 1. The van der Waals surface area contributed by atoms with Gasteiger partial charge in [-0.3, -0.25) is 0 Å². The van der Waals surface area contributed by atoms with E-state index in [-0.39, 0.29) is 10.9 Å². The molecule has 0 saturated carbocycles. The molecule has 0 radical (unpaired) electrons. The first-order valence-corrected chi connectivity index (χ1v) is 6.15. The van der Waals surface area contributed by atoms with Crippen LogP contribution in [0, 0.1) is 31.3 Å². The average Bonchev–Trinajstić information content (AvgIpc) is 2.37. The maximum absolute atomic E-state index is 14.0. The van der Waals surface area contributed by atoms with E-state index < -0.39 is 17.5 Å². The van der Waals surface area contributed by atoms with E-state index >= 15 is 0 Å². The van der Waals surface area contributed by atoms with Crippen LogP contribution in [0.25, 0.3) is 10.9 Å². The topological polar surface area (TPSA) is 24.9 Å². The smallest absolute Gasteiger partial charge is 0.170 e. The molecule has 102 valence electrons. The minimum Gasteiger partial charge on any atom is -0.384 e. The SMILES string of the molecule is CCCNc1c(C)c(C)nc2c(F)cc(F)c(F)c12. The van der Waals surface area contributed by atoms with E-state index in [0.717, 1.165) is 6.42 Å². The second kappa shape index (κ2) is 5.07. The number of hydrogen-bond donors (Lipinski definition) is 1. The van der Waals surface area contributed by atoms with Gasteiger partial charge in [0.05, 0.1) is 11.1 Å². The van der Waals surface area contributed by atoms with Crippen LogP contribution in [-0.4, -0.2) is 11.5 Å². The monoisotopic (exact) mass is 268 g/mol. The maximum Gasteiger partial charge on any atom is 0.170 e. The maximum atomic E-state index is 14.0. The first kappa shape index (κ1) is 13.6. The number of pyridine rings is 1. The molecule has 0 bridgehead atoms. The van der Waals surface area contributed by atoms with Gasteiger partial charge in [0.1, 0.15) is 5.52 Å². The Morgan fingerprint density at radius 2 is 1.84 bits per heavy atom. The molecular formula is C14H15F3N2. The predicted molar refractivity (Wildman–Crippen MR) is 69.9 cm³/mol. The van der Waals surface area contributed by atoms with E-state index in [4.69, 9.17) is 0 Å². The summed E-state index contributed by atoms with van der Waals surface area (Å²) in [5, 5.41) is 2.91. The summed E-state index contributed by atoms with van der Waals surface area (Å²) in [6, 6.07) is 0.531. The van der Waals surface area contributed by atoms with Crippen LogP contribution >= 0.6 is 0 Å². The fourth-order valence-electron chi connectivity index (χ4n) is 2.01. The van der Waals surface area contributed by atoms with Crippen molar-refractivity contribution in [1.82, 2.24) is 4.98 Å². The van der Waals surface area contributed by atoms with Gasteiger partial charge in [0, 0.05) is 18.3 Å². The van der Waals surface area contributed by atoms with Crippen molar-refractivity contribution in [1.29, 1.82) is 0 Å². The Bertz CT molecular complexity index is 639. The Morgan fingerprint density at radius 1 is 1.16 bits per heavy atom. The standard InChI is InChI=1S/C14H15F3N2/c1-4-5-18-13-7(2)8(3)19-14-10(16)6-9(15)12(17)11(13)14/h6H,4-5H2,1-3H3,(H,18,19). The molecule has 0 atom stereocenters. The Hall–Kier alpha value is -1.78. The third-order valence-corrected chi connectivity index (χ3v) is 3.14. The molecule has 2 rings (SSSR count). The second-order valence-electron chi connectivity index (χ2n) is 4.50. The van der Waals surface area contributed by atoms with E-state index in [0.29, 0.717) is 29.6 Å². The van der Waals surface area contributed by atoms with Crippen molar-refractivity contribution in [3.8, 4) is 0 Å². The van der Waals surface area contributed by atoms with Gasteiger partial charge in [-0.1, -0.05) is 6.92 Å². The fraction of sp³-hybridized carbons (Fsp3) is 0.357. The van der Waals surface area contributed by atoms with Crippen LogP contribution in [0.1, 0.15) is 24.6 Å². The summed E-state index contributed by atoms with van der Waals surface area (Å²) in [7, 11) is 0. The molecule has 0 aliphatic carbocycles. The highest BCUT2D eigenvalue weighted by molar-refractivity contribution is 5.94. The molecule has 1 heterocycles. The van der Waals surface area contributed by atoms with E-state index in [1.807, 2.05) is 6.92 Å². The molecule has 1 aromatic heterocycles. The van der Waals surface area contributed by atoms with E-state index in [1.165, 1.54) is 0 Å². The minimum atomic E-state index is -1.20. The lowest BCUT2D eigenvalue weighted by Gasteiger charge is -2.15. The highest BCUT2D eigenvalue weighted by Crippen LogP contribution is 2.32. The average molecular weight is 268 g/mol. The summed E-state index contributed by atoms with van der Waals surface area (Å²) in [6.45, 7) is 6.02. The molecule has 2 aromatic rings. The van der Waals surface area contributed by atoms with Gasteiger partial charge in [-0.25, -0.2) is 18.2 Å². The van der Waals surface area contributed by atoms with Crippen molar-refractivity contribution >= 4 is 16.6 Å². The van der Waals surface area contributed by atoms with Gasteiger partial charge in [-0.15, -0.1) is 0 Å². The zero-order valence-corrected chi connectivity index (χ0v) is 11.1. The molecule has 0 spiro atoms. The summed E-state index contributed by atoms with van der Waals surface area (Å²) >= 11 is 0. The van der Waals surface area contributed by atoms with Crippen molar-refractivity contribution in [3.05, 3.63) is 34.8 Å². The van der Waals surface area contributed by atoms with Crippen LogP contribution in [0.2, 0.25) is 0 Å². The van der Waals surface area contributed by atoms with Crippen molar-refractivity contribution in [2.75, 3.05) is 11.9 Å². The lowest BCUT2D eigenvalue weighted by molar-refractivity contribution is 0.505. The third kappa shape index (κ3) is 2.25. The van der Waals surface area contributed by atoms with Gasteiger partial charge in [0.25, 0.3) is 0 Å². The summed E-state index contributed by atoms with van der Waals surface area (Å²) in [6.07, 6.45) is 0.821. The number of fused-ring (bicyclic) bond motifs is 1. The number of aryl methyl sites for hydroxylation is 1. The molecule has 0 aliphatic heterocycles. The lowest BCUT2D eigenvalue weighted by Crippen LogP contribution is -2.07. The normalized spacial score (nSPS) is 11.1. The molecule has 1 N–H and O–H groups in total. The Labute approximate surface area is 109 Å². The molecule has 2 nitrogen and oxygen atoms in total. The highest BCUT2D eigenvalue weighted by Gasteiger charge is 2.19. The minimum absolute atomic E-state index is 0.117. The van der Waals surface area contributed by atoms with Crippen molar-refractivity contribution in [3.63, 3.8) is 0 Å². The first-order valence-electron chi connectivity index (χ1n) is 6.15. The van der Waals surface area contributed by atoms with E-state index in [9.17, 15) is 13.2 Å². The summed E-state index contributed by atoms with van der Waals surface area (Å²) in [4.78, 5) is 4.02. The Morgan fingerprint density at radius 3 is 2.47 bits per heavy atom. The van der Waals surface area contributed by atoms with Crippen LogP contribution in [0.3, 0.4) is 0 Å². The van der Waals surface area contributed by atoms with Gasteiger partial charge in [0.2, 0.25) is 0 Å². The number of rotatable bonds is 3. The van der Waals surface area contributed by atoms with E-state index in [2.05, 4.69) is 10.3 Å². The zero-order valence-electron chi connectivity index (χ0n) is 11.1. The molecule has 19 heavy (non-hydrogen) atoms. The summed E-state index contributed by atoms with van der Waals surface area (Å²) in [5.41, 5.74) is 1.57. The quantitative estimate of drug-likeness (QED) is 0.848. The summed E-state index contributed by atoms with van der Waals surface area (Å²) in [5.74, 6) is -3.11. The molecule has 0 unspecified atom stereocenters. The van der Waals surface area contributed by atoms with Gasteiger partial charge >= 0.3 is 0 Å². The van der Waals surface area contributed by atoms with Gasteiger partial charge in [0.15, 0.2) is 17.5 Å². The molecular weight excluding hydrogens is 253 g/mol. The predicted octanol–water partition coefficient (Wildman–Crippen LogP) is 4.09. The summed E-state index contributed by atoms with van der Waals surface area (Å²) < 4.78 is 41.1. The van der Waals surface area contributed by atoms with Gasteiger partial charge in [-0.05, 0) is 25.8 Å². The Kier molecular flexibility index (Phi) is 3.64. The number of halogens is 3. The first-order chi connectivity index (χ1) is 8.97. The second-order valence-corrected chi connectivity index (χ2v) is 4.50. The molecule has 5 heteroatoms. The van der Waals surface area contributed by atoms with Crippen molar-refractivity contribution in [2.45, 2.75) is 27.2 Å². The van der Waals surface area contributed by atoms with Gasteiger partial charge in [-0.2, -0.15) is 0 Å². The number of nitrogens with one attached hydrogen (secondary N) is 1. The van der Waals surface area contributed by atoms with Gasteiger partial charge < -0.3 is 5.32 Å². The number of benzene rings is 1. The molecule has 0 amide bonds. The molecule has 0 fully saturated rings. The fourth-order valence-corrected chi connectivity index (χ4v) is 2.01. The van der Waals surface area contributed by atoms with Crippen molar-refractivity contribution in [2.24, 2.45) is 0 Å². The van der Waals surface area contributed by atoms with E-state index in [1.54, 1.807) is 13.8 Å². The largest absolute Gasteiger partial charge is 0.384 e. The Balaban J connectivity index is 2.85. The number of aromatic nitrogens is 1. The van der Waals surface area contributed by atoms with Crippen LogP contribution in [0.5, 0.6) is 0 Å². The number of anilines is 1.